The lowest BCUT2D eigenvalue weighted by Crippen LogP contribution is -1.94. The molecule has 0 spiro atoms. The molecule has 0 radical (unpaired) electrons. The third-order valence-electron chi connectivity index (χ3n) is 3.82. The second-order valence-electron chi connectivity index (χ2n) is 5.37. The van der Waals surface area contributed by atoms with Crippen molar-refractivity contribution in [1.82, 2.24) is 0 Å². The van der Waals surface area contributed by atoms with Crippen LogP contribution >= 0.6 is 22.6 Å². The zero-order valence-electron chi connectivity index (χ0n) is 12.4. The van der Waals surface area contributed by atoms with E-state index < -0.39 is 0 Å². The van der Waals surface area contributed by atoms with Crippen molar-refractivity contribution in [3.05, 3.63) is 55.7 Å². The molecule has 0 atom stereocenters. The van der Waals surface area contributed by atoms with E-state index >= 15 is 0 Å². The van der Waals surface area contributed by atoms with Crippen LogP contribution in [0.3, 0.4) is 0 Å². The molecule has 0 amide bonds. The van der Waals surface area contributed by atoms with Gasteiger partial charge in [0.1, 0.15) is 0 Å². The Hall–Kier alpha value is -0.830. The average Bonchev–Trinajstić information content (AvgIpc) is 2.35. The molecule has 2 rings (SSSR count). The highest BCUT2D eigenvalue weighted by Gasteiger charge is 2.08. The molecule has 2 aromatic rings. The normalized spacial score (nSPS) is 10.8. The van der Waals surface area contributed by atoms with Gasteiger partial charge in [-0.15, -0.1) is 0 Å². The lowest BCUT2D eigenvalue weighted by Gasteiger charge is -2.13. The Morgan fingerprint density at radius 1 is 0.737 bits per heavy atom. The molecule has 19 heavy (non-hydrogen) atoms. The van der Waals surface area contributed by atoms with Crippen LogP contribution in [0.2, 0.25) is 0 Å². The van der Waals surface area contributed by atoms with Gasteiger partial charge >= 0.3 is 0 Å². The summed E-state index contributed by atoms with van der Waals surface area (Å²) in [6.45, 7) is 11.1. The van der Waals surface area contributed by atoms with Crippen molar-refractivity contribution in [2.24, 2.45) is 0 Å². The van der Waals surface area contributed by atoms with Gasteiger partial charge in [-0.05, 0) is 95.7 Å². The van der Waals surface area contributed by atoms with Crippen LogP contribution in [0.25, 0.3) is 11.1 Å². The van der Waals surface area contributed by atoms with Crippen LogP contribution in [-0.2, 0) is 6.42 Å². The maximum atomic E-state index is 2.43. The lowest BCUT2D eigenvalue weighted by molar-refractivity contribution is 1.08. The van der Waals surface area contributed by atoms with Gasteiger partial charge in [0.05, 0.1) is 0 Å². The molecule has 0 aliphatic rings. The van der Waals surface area contributed by atoms with E-state index in [1.165, 1.54) is 42.5 Å². The second-order valence-corrected chi connectivity index (χ2v) is 6.44. The van der Waals surface area contributed by atoms with Crippen LogP contribution in [0, 0.1) is 31.3 Å². The van der Waals surface area contributed by atoms with Crippen LogP contribution in [0.5, 0.6) is 0 Å². The summed E-state index contributed by atoms with van der Waals surface area (Å²) in [4.78, 5) is 0. The molecule has 1 heteroatoms. The highest BCUT2D eigenvalue weighted by molar-refractivity contribution is 14.1. The fourth-order valence-electron chi connectivity index (χ4n) is 2.83. The van der Waals surface area contributed by atoms with Crippen molar-refractivity contribution in [3.63, 3.8) is 0 Å². The van der Waals surface area contributed by atoms with Gasteiger partial charge in [-0.1, -0.05) is 31.2 Å². The van der Waals surface area contributed by atoms with E-state index in [9.17, 15) is 0 Å². The highest BCUT2D eigenvalue weighted by Crippen LogP contribution is 2.29. The zero-order chi connectivity index (χ0) is 14.2. The van der Waals surface area contributed by atoms with E-state index in [1.54, 1.807) is 0 Å². The molecule has 100 valence electrons. The summed E-state index contributed by atoms with van der Waals surface area (Å²) in [6.07, 6.45) is 1.11. The van der Waals surface area contributed by atoms with Crippen molar-refractivity contribution in [3.8, 4) is 11.1 Å². The number of hydrogen-bond donors (Lipinski definition) is 0. The smallest absolute Gasteiger partial charge is 0.0189 e. The van der Waals surface area contributed by atoms with E-state index in [2.05, 4.69) is 81.5 Å². The Kier molecular flexibility index (Phi) is 4.34. The fourth-order valence-corrected chi connectivity index (χ4v) is 3.14. The minimum absolute atomic E-state index is 1.11. The number of rotatable bonds is 2. The van der Waals surface area contributed by atoms with Crippen LogP contribution in [-0.4, -0.2) is 0 Å². The summed E-state index contributed by atoms with van der Waals surface area (Å²) in [6, 6.07) is 9.25. The SMILES string of the molecule is CCc1c(C)cc(-c2cc(C)c(I)c(C)c2)cc1C. The highest BCUT2D eigenvalue weighted by atomic mass is 127. The Labute approximate surface area is 130 Å². The Morgan fingerprint density at radius 2 is 1.11 bits per heavy atom. The van der Waals surface area contributed by atoms with Crippen molar-refractivity contribution >= 4 is 22.6 Å². The number of hydrogen-bond acceptors (Lipinski definition) is 0. The van der Waals surface area contributed by atoms with Crippen LogP contribution < -0.4 is 0 Å². The number of halogens is 1. The molecule has 0 aromatic heterocycles. The number of benzene rings is 2. The van der Waals surface area contributed by atoms with Gasteiger partial charge in [-0.2, -0.15) is 0 Å². The quantitative estimate of drug-likeness (QED) is 0.595. The molecular weight excluding hydrogens is 343 g/mol. The van der Waals surface area contributed by atoms with Gasteiger partial charge in [0.2, 0.25) is 0 Å². The summed E-state index contributed by atoms with van der Waals surface area (Å²) in [7, 11) is 0. The Morgan fingerprint density at radius 3 is 1.47 bits per heavy atom. The molecule has 2 aromatic carbocycles. The van der Waals surface area contributed by atoms with Crippen molar-refractivity contribution in [2.45, 2.75) is 41.0 Å². The summed E-state index contributed by atoms with van der Waals surface area (Å²) < 4.78 is 1.37. The van der Waals surface area contributed by atoms with E-state index in [4.69, 9.17) is 0 Å². The molecule has 0 unspecified atom stereocenters. The monoisotopic (exact) mass is 364 g/mol. The van der Waals surface area contributed by atoms with Crippen LogP contribution in [0.4, 0.5) is 0 Å². The van der Waals surface area contributed by atoms with Gasteiger partial charge in [0.25, 0.3) is 0 Å². The third-order valence-corrected chi connectivity index (χ3v) is 5.52. The predicted molar refractivity (Wildman–Crippen MR) is 92.9 cm³/mol. The topological polar surface area (TPSA) is 0 Å². The van der Waals surface area contributed by atoms with Gasteiger partial charge < -0.3 is 0 Å². The van der Waals surface area contributed by atoms with Crippen LogP contribution in [0.1, 0.15) is 34.7 Å². The summed E-state index contributed by atoms with van der Waals surface area (Å²) in [5.74, 6) is 0. The fraction of sp³-hybridized carbons (Fsp3) is 0.333. The minimum atomic E-state index is 1.11. The van der Waals surface area contributed by atoms with Crippen molar-refractivity contribution in [2.75, 3.05) is 0 Å². The van der Waals surface area contributed by atoms with Gasteiger partial charge in [0.15, 0.2) is 0 Å². The van der Waals surface area contributed by atoms with Gasteiger partial charge in [-0.3, -0.25) is 0 Å². The Bertz CT molecular complexity index is 578. The third kappa shape index (κ3) is 2.86. The van der Waals surface area contributed by atoms with Crippen molar-refractivity contribution < 1.29 is 0 Å². The van der Waals surface area contributed by atoms with E-state index in [1.807, 2.05) is 0 Å². The molecule has 0 nitrogen and oxygen atoms in total. The van der Waals surface area contributed by atoms with E-state index in [-0.39, 0.29) is 0 Å². The standard InChI is InChI=1S/C18H21I/c1-6-17-11(2)7-15(8-12(17)3)16-9-13(4)18(19)14(5)10-16/h7-10H,6H2,1-5H3. The second kappa shape index (κ2) is 5.66. The molecule has 0 heterocycles. The lowest BCUT2D eigenvalue weighted by atomic mass is 9.93. The van der Waals surface area contributed by atoms with Crippen LogP contribution in [0.15, 0.2) is 24.3 Å². The molecule has 0 fully saturated rings. The van der Waals surface area contributed by atoms with E-state index in [0.29, 0.717) is 0 Å². The molecule has 0 aliphatic heterocycles. The summed E-state index contributed by atoms with van der Waals surface area (Å²) in [5, 5.41) is 0. The average molecular weight is 364 g/mol. The summed E-state index contributed by atoms with van der Waals surface area (Å²) in [5.41, 5.74) is 9.72. The molecule has 0 saturated heterocycles. The van der Waals surface area contributed by atoms with Gasteiger partial charge in [-0.25, -0.2) is 0 Å². The predicted octanol–water partition coefficient (Wildman–Crippen LogP) is 5.75. The maximum absolute atomic E-state index is 2.43. The summed E-state index contributed by atoms with van der Waals surface area (Å²) >= 11 is 2.43. The molecular formula is C18H21I. The molecule has 0 saturated carbocycles. The maximum Gasteiger partial charge on any atom is 0.0189 e. The first-order valence-corrected chi connectivity index (χ1v) is 7.89. The zero-order valence-corrected chi connectivity index (χ0v) is 14.6. The number of aryl methyl sites for hydroxylation is 4. The molecule has 0 N–H and O–H groups in total. The Balaban J connectivity index is 2.60. The van der Waals surface area contributed by atoms with Crippen molar-refractivity contribution in [1.29, 1.82) is 0 Å². The first-order valence-electron chi connectivity index (χ1n) is 6.81. The van der Waals surface area contributed by atoms with Gasteiger partial charge in [0, 0.05) is 3.57 Å². The first kappa shape index (κ1) is 14.6. The minimum Gasteiger partial charge on any atom is -0.0613 e. The largest absolute Gasteiger partial charge is 0.0613 e. The first-order chi connectivity index (χ1) is 8.93. The molecule has 0 aliphatic carbocycles. The molecule has 0 bridgehead atoms. The van der Waals surface area contributed by atoms with E-state index in [0.717, 1.165) is 6.42 Å².